The second-order valence-corrected chi connectivity index (χ2v) is 5.65. The SMILES string of the molecule is CCC(C)Oc1ccccc1/C(=C\CN(C)C)n1ccnc1. The minimum absolute atomic E-state index is 0.194. The molecule has 0 amide bonds. The predicted molar refractivity (Wildman–Crippen MR) is 91.0 cm³/mol. The molecule has 1 aromatic carbocycles. The van der Waals surface area contributed by atoms with Crippen LogP contribution in [-0.4, -0.2) is 41.2 Å². The summed E-state index contributed by atoms with van der Waals surface area (Å²) < 4.78 is 8.12. The fraction of sp³-hybridized carbons (Fsp3) is 0.389. The monoisotopic (exact) mass is 299 g/mol. The zero-order valence-electron chi connectivity index (χ0n) is 13.9. The average Bonchev–Trinajstić information content (AvgIpc) is 3.02. The van der Waals surface area contributed by atoms with E-state index < -0.39 is 0 Å². The third-order valence-corrected chi connectivity index (χ3v) is 3.50. The van der Waals surface area contributed by atoms with Crippen molar-refractivity contribution in [2.75, 3.05) is 20.6 Å². The summed E-state index contributed by atoms with van der Waals surface area (Å²) in [4.78, 5) is 6.30. The van der Waals surface area contributed by atoms with Gasteiger partial charge in [0.2, 0.25) is 0 Å². The summed E-state index contributed by atoms with van der Waals surface area (Å²) in [5.41, 5.74) is 2.17. The number of benzene rings is 1. The molecule has 1 atom stereocenters. The van der Waals surface area contributed by atoms with Gasteiger partial charge in [0.25, 0.3) is 0 Å². The Bertz CT molecular complexity index is 603. The molecule has 22 heavy (non-hydrogen) atoms. The molecule has 1 heterocycles. The Kier molecular flexibility index (Phi) is 5.78. The van der Waals surface area contributed by atoms with Crippen molar-refractivity contribution in [3.63, 3.8) is 0 Å². The van der Waals surface area contributed by atoms with Crippen LogP contribution in [0.25, 0.3) is 5.70 Å². The molecule has 1 aromatic heterocycles. The van der Waals surface area contributed by atoms with Gasteiger partial charge >= 0.3 is 0 Å². The zero-order valence-corrected chi connectivity index (χ0v) is 13.9. The van der Waals surface area contributed by atoms with E-state index in [4.69, 9.17) is 4.74 Å². The second-order valence-electron chi connectivity index (χ2n) is 5.65. The number of likely N-dealkylation sites (N-methyl/N-ethyl adjacent to an activating group) is 1. The first kappa shape index (κ1) is 16.3. The summed E-state index contributed by atoms with van der Waals surface area (Å²) in [7, 11) is 4.12. The first-order chi connectivity index (χ1) is 10.6. The van der Waals surface area contributed by atoms with Crippen molar-refractivity contribution < 1.29 is 4.74 Å². The number of rotatable bonds is 7. The summed E-state index contributed by atoms with van der Waals surface area (Å²) in [6, 6.07) is 8.18. The minimum atomic E-state index is 0.194. The van der Waals surface area contributed by atoms with Gasteiger partial charge in [0.1, 0.15) is 5.75 Å². The quantitative estimate of drug-likeness (QED) is 0.784. The number of para-hydroxylation sites is 1. The van der Waals surface area contributed by atoms with Gasteiger partial charge in [0.15, 0.2) is 0 Å². The first-order valence-corrected chi connectivity index (χ1v) is 7.71. The highest BCUT2D eigenvalue weighted by Crippen LogP contribution is 2.28. The Morgan fingerprint density at radius 2 is 2.14 bits per heavy atom. The molecule has 4 nitrogen and oxygen atoms in total. The standard InChI is InChI=1S/C18H25N3O/c1-5-15(2)22-18-9-7-6-8-16(18)17(10-12-20(3)4)21-13-11-19-14-21/h6-11,13-15H,5,12H2,1-4H3/b17-10+. The largest absolute Gasteiger partial charge is 0.490 e. The van der Waals surface area contributed by atoms with E-state index in [-0.39, 0.29) is 6.10 Å². The topological polar surface area (TPSA) is 30.3 Å². The van der Waals surface area contributed by atoms with Crippen molar-refractivity contribution in [1.82, 2.24) is 14.5 Å². The molecular weight excluding hydrogens is 274 g/mol. The molecule has 0 radical (unpaired) electrons. The summed E-state index contributed by atoms with van der Waals surface area (Å²) in [5.74, 6) is 0.913. The van der Waals surface area contributed by atoms with Crippen LogP contribution in [0.3, 0.4) is 0 Å². The van der Waals surface area contributed by atoms with Crippen molar-refractivity contribution >= 4 is 5.70 Å². The molecule has 0 bridgehead atoms. The minimum Gasteiger partial charge on any atom is -0.490 e. The van der Waals surface area contributed by atoms with Gasteiger partial charge in [-0.1, -0.05) is 19.1 Å². The lowest BCUT2D eigenvalue weighted by atomic mass is 10.1. The van der Waals surface area contributed by atoms with Gasteiger partial charge in [-0.25, -0.2) is 4.98 Å². The van der Waals surface area contributed by atoms with E-state index in [1.807, 2.05) is 35.3 Å². The van der Waals surface area contributed by atoms with E-state index in [1.54, 1.807) is 6.20 Å². The molecule has 0 aliphatic carbocycles. The Labute approximate surface area is 133 Å². The molecular formula is C18H25N3O. The number of nitrogens with zero attached hydrogens (tertiary/aromatic N) is 3. The van der Waals surface area contributed by atoms with E-state index in [0.717, 1.165) is 30.0 Å². The number of hydrogen-bond donors (Lipinski definition) is 0. The van der Waals surface area contributed by atoms with Crippen LogP contribution >= 0.6 is 0 Å². The van der Waals surface area contributed by atoms with Crippen LogP contribution in [0.15, 0.2) is 49.1 Å². The summed E-state index contributed by atoms with van der Waals surface area (Å²) >= 11 is 0. The van der Waals surface area contributed by atoms with E-state index in [1.165, 1.54) is 0 Å². The van der Waals surface area contributed by atoms with Crippen molar-refractivity contribution in [3.8, 4) is 5.75 Å². The van der Waals surface area contributed by atoms with Crippen LogP contribution in [0.2, 0.25) is 0 Å². The third kappa shape index (κ3) is 4.21. The highest BCUT2D eigenvalue weighted by atomic mass is 16.5. The molecule has 2 aromatic rings. The number of aromatic nitrogens is 2. The molecule has 0 saturated carbocycles. The van der Waals surface area contributed by atoms with Crippen LogP contribution in [0.5, 0.6) is 5.75 Å². The summed E-state index contributed by atoms with van der Waals surface area (Å²) in [6.07, 6.45) is 8.94. The molecule has 0 aliphatic heterocycles. The van der Waals surface area contributed by atoms with Crippen LogP contribution in [0, 0.1) is 0 Å². The molecule has 0 saturated heterocycles. The molecule has 118 valence electrons. The van der Waals surface area contributed by atoms with Crippen molar-refractivity contribution in [3.05, 3.63) is 54.6 Å². The highest BCUT2D eigenvalue weighted by molar-refractivity contribution is 5.70. The Hall–Kier alpha value is -2.07. The van der Waals surface area contributed by atoms with Crippen LogP contribution in [0.4, 0.5) is 0 Å². The van der Waals surface area contributed by atoms with Crippen LogP contribution in [0.1, 0.15) is 25.8 Å². The van der Waals surface area contributed by atoms with E-state index >= 15 is 0 Å². The molecule has 2 rings (SSSR count). The van der Waals surface area contributed by atoms with Gasteiger partial charge in [-0.2, -0.15) is 0 Å². The lowest BCUT2D eigenvalue weighted by Gasteiger charge is -2.19. The van der Waals surface area contributed by atoms with Gasteiger partial charge in [-0.05, 0) is 45.6 Å². The lowest BCUT2D eigenvalue weighted by molar-refractivity contribution is 0.217. The molecule has 0 N–H and O–H groups in total. The van der Waals surface area contributed by atoms with Crippen molar-refractivity contribution in [2.24, 2.45) is 0 Å². The van der Waals surface area contributed by atoms with Crippen molar-refractivity contribution in [1.29, 1.82) is 0 Å². The Balaban J connectivity index is 2.42. The van der Waals surface area contributed by atoms with Crippen molar-refractivity contribution in [2.45, 2.75) is 26.4 Å². The highest BCUT2D eigenvalue weighted by Gasteiger charge is 2.12. The van der Waals surface area contributed by atoms with Crippen LogP contribution in [-0.2, 0) is 0 Å². The molecule has 0 aliphatic rings. The molecule has 1 unspecified atom stereocenters. The fourth-order valence-electron chi connectivity index (χ4n) is 2.11. The Morgan fingerprint density at radius 3 is 2.77 bits per heavy atom. The van der Waals surface area contributed by atoms with Gasteiger partial charge < -0.3 is 14.2 Å². The normalized spacial score (nSPS) is 13.4. The molecule has 0 fully saturated rings. The van der Waals surface area contributed by atoms with E-state index in [0.29, 0.717) is 0 Å². The maximum Gasteiger partial charge on any atom is 0.129 e. The van der Waals surface area contributed by atoms with Gasteiger partial charge in [0.05, 0.1) is 18.1 Å². The first-order valence-electron chi connectivity index (χ1n) is 7.71. The number of hydrogen-bond acceptors (Lipinski definition) is 3. The maximum atomic E-state index is 6.09. The summed E-state index contributed by atoms with van der Waals surface area (Å²) in [5, 5.41) is 0. The average molecular weight is 299 g/mol. The molecule has 0 spiro atoms. The van der Waals surface area contributed by atoms with Gasteiger partial charge in [-0.3, -0.25) is 0 Å². The predicted octanol–water partition coefficient (Wildman–Crippen LogP) is 3.51. The second kappa shape index (κ2) is 7.80. The molecule has 4 heteroatoms. The van der Waals surface area contributed by atoms with E-state index in [9.17, 15) is 0 Å². The smallest absolute Gasteiger partial charge is 0.129 e. The van der Waals surface area contributed by atoms with Crippen LogP contribution < -0.4 is 4.74 Å². The van der Waals surface area contributed by atoms with E-state index in [2.05, 4.69) is 50.0 Å². The third-order valence-electron chi connectivity index (χ3n) is 3.50. The summed E-state index contributed by atoms with van der Waals surface area (Å²) in [6.45, 7) is 5.08. The maximum absolute atomic E-state index is 6.09. The fourth-order valence-corrected chi connectivity index (χ4v) is 2.11. The van der Waals surface area contributed by atoms with Gasteiger partial charge in [0, 0.05) is 24.5 Å². The van der Waals surface area contributed by atoms with Gasteiger partial charge in [-0.15, -0.1) is 0 Å². The number of imidazole rings is 1. The zero-order chi connectivity index (χ0) is 15.9. The number of ether oxygens (including phenoxy) is 1. The lowest BCUT2D eigenvalue weighted by Crippen LogP contribution is -2.14. The Morgan fingerprint density at radius 1 is 1.36 bits per heavy atom.